The molecule has 1 N–H and O–H groups in total. The molecule has 17 heavy (non-hydrogen) atoms. The highest BCUT2D eigenvalue weighted by Crippen LogP contribution is 2.13. The number of nitrogens with zero attached hydrogens (tertiary/aromatic N) is 1. The summed E-state index contributed by atoms with van der Waals surface area (Å²) in [5, 5.41) is 3.32. The molecule has 0 saturated heterocycles. The molecule has 0 saturated carbocycles. The molecule has 0 aromatic rings. The van der Waals surface area contributed by atoms with Gasteiger partial charge in [-0.1, -0.05) is 27.7 Å². The molecule has 104 valence electrons. The predicted octanol–water partition coefficient (Wildman–Crippen LogP) is 3.52. The van der Waals surface area contributed by atoms with Gasteiger partial charge in [0.25, 0.3) is 0 Å². The van der Waals surface area contributed by atoms with Gasteiger partial charge in [-0.25, -0.2) is 0 Å². The van der Waals surface area contributed by atoms with E-state index in [9.17, 15) is 0 Å². The highest BCUT2D eigenvalue weighted by molar-refractivity contribution is 4.71. The van der Waals surface area contributed by atoms with Crippen LogP contribution in [-0.2, 0) is 0 Å². The zero-order chi connectivity index (χ0) is 13.3. The van der Waals surface area contributed by atoms with Crippen molar-refractivity contribution in [1.29, 1.82) is 0 Å². The summed E-state index contributed by atoms with van der Waals surface area (Å²) in [6, 6.07) is 1.43. The van der Waals surface area contributed by atoms with Crippen LogP contribution in [0.2, 0.25) is 0 Å². The molecule has 0 rings (SSSR count). The molecule has 0 spiro atoms. The Balaban J connectivity index is 4.09. The van der Waals surface area contributed by atoms with Crippen LogP contribution in [0.1, 0.15) is 60.3 Å². The minimum absolute atomic E-state index is 0.651. The third kappa shape index (κ3) is 7.77. The molecule has 1 unspecified atom stereocenters. The summed E-state index contributed by atoms with van der Waals surface area (Å²) in [6.07, 6.45) is 5.16. The minimum Gasteiger partial charge on any atom is -0.317 e. The van der Waals surface area contributed by atoms with Crippen molar-refractivity contribution >= 4 is 0 Å². The van der Waals surface area contributed by atoms with Gasteiger partial charge in [0.15, 0.2) is 0 Å². The maximum atomic E-state index is 3.32. The van der Waals surface area contributed by atoms with Gasteiger partial charge in [-0.15, -0.1) is 0 Å². The number of hydrogen-bond acceptors (Lipinski definition) is 2. The van der Waals surface area contributed by atoms with Crippen molar-refractivity contribution < 1.29 is 0 Å². The van der Waals surface area contributed by atoms with Crippen molar-refractivity contribution in [3.63, 3.8) is 0 Å². The van der Waals surface area contributed by atoms with E-state index in [1.54, 1.807) is 0 Å². The Morgan fingerprint density at radius 2 is 1.65 bits per heavy atom. The van der Waals surface area contributed by atoms with Gasteiger partial charge in [0, 0.05) is 18.6 Å². The quantitative estimate of drug-likeness (QED) is 0.630. The highest BCUT2D eigenvalue weighted by Gasteiger charge is 2.15. The fourth-order valence-corrected chi connectivity index (χ4v) is 2.44. The zero-order valence-electron chi connectivity index (χ0n) is 12.9. The Labute approximate surface area is 109 Å². The summed E-state index contributed by atoms with van der Waals surface area (Å²) >= 11 is 0. The molecule has 0 radical (unpaired) electrons. The molecular formula is C15H34N2. The van der Waals surface area contributed by atoms with Crippen LogP contribution in [0.4, 0.5) is 0 Å². The molecule has 0 aliphatic heterocycles. The molecular weight excluding hydrogens is 208 g/mol. The normalized spacial score (nSPS) is 13.9. The number of hydrogen-bond donors (Lipinski definition) is 1. The Morgan fingerprint density at radius 3 is 2.06 bits per heavy atom. The highest BCUT2D eigenvalue weighted by atomic mass is 15.1. The van der Waals surface area contributed by atoms with Crippen LogP contribution in [0.5, 0.6) is 0 Å². The maximum Gasteiger partial charge on any atom is 0.00901 e. The molecule has 0 bridgehead atoms. The summed E-state index contributed by atoms with van der Waals surface area (Å²) in [7, 11) is 2.05. The average molecular weight is 242 g/mol. The van der Waals surface area contributed by atoms with E-state index in [0.29, 0.717) is 6.04 Å². The van der Waals surface area contributed by atoms with E-state index in [-0.39, 0.29) is 0 Å². The van der Waals surface area contributed by atoms with Crippen molar-refractivity contribution in [2.75, 3.05) is 20.1 Å². The predicted molar refractivity (Wildman–Crippen MR) is 78.5 cm³/mol. The molecule has 0 amide bonds. The summed E-state index contributed by atoms with van der Waals surface area (Å²) in [6.45, 7) is 14.1. The van der Waals surface area contributed by atoms with E-state index in [0.717, 1.165) is 12.0 Å². The van der Waals surface area contributed by atoms with Gasteiger partial charge in [-0.05, 0) is 52.1 Å². The molecule has 0 heterocycles. The first-order valence-electron chi connectivity index (χ1n) is 7.46. The van der Waals surface area contributed by atoms with Crippen LogP contribution in [0.3, 0.4) is 0 Å². The van der Waals surface area contributed by atoms with Crippen molar-refractivity contribution in [2.24, 2.45) is 5.92 Å². The van der Waals surface area contributed by atoms with E-state index >= 15 is 0 Å². The van der Waals surface area contributed by atoms with Gasteiger partial charge in [0.2, 0.25) is 0 Å². The van der Waals surface area contributed by atoms with Crippen LogP contribution in [0, 0.1) is 5.92 Å². The third-order valence-corrected chi connectivity index (χ3v) is 3.63. The number of nitrogens with one attached hydrogen (secondary N) is 1. The van der Waals surface area contributed by atoms with Crippen molar-refractivity contribution in [2.45, 2.75) is 72.4 Å². The Hall–Kier alpha value is -0.0800. The largest absolute Gasteiger partial charge is 0.317 e. The Bertz CT molecular complexity index is 164. The Morgan fingerprint density at radius 1 is 1.06 bits per heavy atom. The van der Waals surface area contributed by atoms with Crippen LogP contribution < -0.4 is 5.32 Å². The molecule has 2 heteroatoms. The van der Waals surface area contributed by atoms with Crippen molar-refractivity contribution in [1.82, 2.24) is 10.2 Å². The van der Waals surface area contributed by atoms with E-state index in [1.165, 1.54) is 38.8 Å². The molecule has 0 aromatic heterocycles. The minimum atomic E-state index is 0.651. The molecule has 0 aliphatic carbocycles. The van der Waals surface area contributed by atoms with E-state index in [1.807, 2.05) is 0 Å². The summed E-state index contributed by atoms with van der Waals surface area (Å²) < 4.78 is 0. The standard InChI is InChI=1S/C15H34N2/c1-7-15(8-2)17(12-13(3)4)11-9-10-14(5)16-6/h13-16H,7-12H2,1-6H3. The summed E-state index contributed by atoms with van der Waals surface area (Å²) in [5.41, 5.74) is 0. The van der Waals surface area contributed by atoms with Gasteiger partial charge in [0.1, 0.15) is 0 Å². The van der Waals surface area contributed by atoms with E-state index in [2.05, 4.69) is 51.9 Å². The van der Waals surface area contributed by atoms with Gasteiger partial charge >= 0.3 is 0 Å². The molecule has 1 atom stereocenters. The van der Waals surface area contributed by atoms with Crippen molar-refractivity contribution in [3.8, 4) is 0 Å². The average Bonchev–Trinajstić information content (AvgIpc) is 2.29. The van der Waals surface area contributed by atoms with E-state index < -0.39 is 0 Å². The lowest BCUT2D eigenvalue weighted by molar-refractivity contribution is 0.161. The molecule has 0 fully saturated rings. The second-order valence-corrected chi connectivity index (χ2v) is 5.69. The fourth-order valence-electron chi connectivity index (χ4n) is 2.44. The molecule has 0 aliphatic rings. The monoisotopic (exact) mass is 242 g/mol. The first-order valence-corrected chi connectivity index (χ1v) is 7.46. The lowest BCUT2D eigenvalue weighted by atomic mass is 10.1. The maximum absolute atomic E-state index is 3.32. The SMILES string of the molecule is CCC(CC)N(CCCC(C)NC)CC(C)C. The molecule has 0 aromatic carbocycles. The number of rotatable bonds is 10. The lowest BCUT2D eigenvalue weighted by Gasteiger charge is -2.32. The molecule has 2 nitrogen and oxygen atoms in total. The van der Waals surface area contributed by atoms with Crippen LogP contribution in [0.15, 0.2) is 0 Å². The van der Waals surface area contributed by atoms with Crippen LogP contribution >= 0.6 is 0 Å². The van der Waals surface area contributed by atoms with Gasteiger partial charge in [0.05, 0.1) is 0 Å². The third-order valence-electron chi connectivity index (χ3n) is 3.63. The zero-order valence-corrected chi connectivity index (χ0v) is 12.9. The fraction of sp³-hybridized carbons (Fsp3) is 1.00. The van der Waals surface area contributed by atoms with Gasteiger partial charge in [-0.3, -0.25) is 0 Å². The summed E-state index contributed by atoms with van der Waals surface area (Å²) in [4.78, 5) is 2.70. The van der Waals surface area contributed by atoms with E-state index in [4.69, 9.17) is 0 Å². The summed E-state index contributed by atoms with van der Waals surface area (Å²) in [5.74, 6) is 0.775. The topological polar surface area (TPSA) is 15.3 Å². The van der Waals surface area contributed by atoms with Gasteiger partial charge in [-0.2, -0.15) is 0 Å². The lowest BCUT2D eigenvalue weighted by Crippen LogP contribution is -2.38. The second kappa shape index (κ2) is 9.90. The Kier molecular flexibility index (Phi) is 9.85. The first-order chi connectivity index (χ1) is 8.04. The first kappa shape index (κ1) is 16.9. The van der Waals surface area contributed by atoms with Crippen LogP contribution in [0.25, 0.3) is 0 Å². The van der Waals surface area contributed by atoms with Gasteiger partial charge < -0.3 is 10.2 Å². The van der Waals surface area contributed by atoms with Crippen LogP contribution in [-0.4, -0.2) is 37.1 Å². The smallest absolute Gasteiger partial charge is 0.00901 e. The second-order valence-electron chi connectivity index (χ2n) is 5.69. The van der Waals surface area contributed by atoms with Crippen molar-refractivity contribution in [3.05, 3.63) is 0 Å².